The van der Waals surface area contributed by atoms with Crippen molar-refractivity contribution in [2.45, 2.75) is 90.6 Å². The Hall–Kier alpha value is -0.0400. The molecule has 2 aliphatic rings. The Morgan fingerprint density at radius 2 is 1.56 bits per heavy atom. The third-order valence-corrected chi connectivity index (χ3v) is 5.36. The summed E-state index contributed by atoms with van der Waals surface area (Å²) in [5.74, 6) is 2.82. The maximum Gasteiger partial charge on any atom is 0.00721 e. The van der Waals surface area contributed by atoms with Crippen molar-refractivity contribution in [3.05, 3.63) is 0 Å². The van der Waals surface area contributed by atoms with Gasteiger partial charge in [0.25, 0.3) is 0 Å². The topological polar surface area (TPSA) is 12.0 Å². The Bertz CT molecular complexity index is 236. The quantitative estimate of drug-likeness (QED) is 0.713. The van der Waals surface area contributed by atoms with Crippen LogP contribution in [0, 0.1) is 17.8 Å². The summed E-state index contributed by atoms with van der Waals surface area (Å²) >= 11 is 0. The highest BCUT2D eigenvalue weighted by atomic mass is 15.0. The number of hydrogen-bond donors (Lipinski definition) is 1. The van der Waals surface area contributed by atoms with E-state index in [4.69, 9.17) is 0 Å². The molecule has 106 valence electrons. The standard InChI is InChI=1S/C17H33N/c1-13(2)15-7-5-8-16(11-10-15)18-17-9-4-6-14(3)12-17/h13-18H,4-12H2,1-3H3. The van der Waals surface area contributed by atoms with Gasteiger partial charge in [-0.05, 0) is 49.9 Å². The Labute approximate surface area is 114 Å². The number of rotatable bonds is 3. The maximum atomic E-state index is 3.99. The van der Waals surface area contributed by atoms with Crippen molar-refractivity contribution < 1.29 is 0 Å². The first kappa shape index (κ1) is 14.4. The van der Waals surface area contributed by atoms with Crippen LogP contribution in [0.2, 0.25) is 0 Å². The predicted octanol–water partition coefficient (Wildman–Crippen LogP) is 4.76. The van der Waals surface area contributed by atoms with Crippen LogP contribution < -0.4 is 5.32 Å². The Kier molecular flexibility index (Phi) is 5.54. The van der Waals surface area contributed by atoms with E-state index in [1.807, 2.05) is 0 Å². The summed E-state index contributed by atoms with van der Waals surface area (Å²) in [6.07, 6.45) is 13.0. The second-order valence-corrected chi connectivity index (χ2v) is 7.34. The van der Waals surface area contributed by atoms with Gasteiger partial charge in [-0.25, -0.2) is 0 Å². The molecule has 0 aliphatic heterocycles. The molecule has 0 saturated heterocycles. The summed E-state index contributed by atoms with van der Waals surface area (Å²) in [7, 11) is 0. The third kappa shape index (κ3) is 4.26. The number of hydrogen-bond acceptors (Lipinski definition) is 1. The summed E-state index contributed by atoms with van der Waals surface area (Å²) in [5.41, 5.74) is 0. The zero-order chi connectivity index (χ0) is 13.0. The molecule has 18 heavy (non-hydrogen) atoms. The van der Waals surface area contributed by atoms with Gasteiger partial charge in [-0.2, -0.15) is 0 Å². The van der Waals surface area contributed by atoms with E-state index < -0.39 is 0 Å². The molecule has 0 bridgehead atoms. The lowest BCUT2D eigenvalue weighted by molar-refractivity contribution is 0.268. The average Bonchev–Trinajstić information content (AvgIpc) is 2.55. The molecule has 1 nitrogen and oxygen atoms in total. The fourth-order valence-electron chi connectivity index (χ4n) is 4.08. The third-order valence-electron chi connectivity index (χ3n) is 5.36. The van der Waals surface area contributed by atoms with Gasteiger partial charge < -0.3 is 5.32 Å². The summed E-state index contributed by atoms with van der Waals surface area (Å²) in [6.45, 7) is 7.23. The van der Waals surface area contributed by atoms with E-state index in [1.165, 1.54) is 57.8 Å². The molecule has 2 rings (SSSR count). The van der Waals surface area contributed by atoms with Gasteiger partial charge in [-0.3, -0.25) is 0 Å². The largest absolute Gasteiger partial charge is 0.311 e. The van der Waals surface area contributed by atoms with Crippen LogP contribution in [0.25, 0.3) is 0 Å². The molecule has 0 amide bonds. The highest BCUT2D eigenvalue weighted by Crippen LogP contribution is 2.30. The monoisotopic (exact) mass is 251 g/mol. The van der Waals surface area contributed by atoms with E-state index >= 15 is 0 Å². The van der Waals surface area contributed by atoms with Crippen molar-refractivity contribution >= 4 is 0 Å². The van der Waals surface area contributed by atoms with Gasteiger partial charge in [0.1, 0.15) is 0 Å². The highest BCUT2D eigenvalue weighted by Gasteiger charge is 2.24. The lowest BCUT2D eigenvalue weighted by Gasteiger charge is -2.31. The predicted molar refractivity (Wildman–Crippen MR) is 79.8 cm³/mol. The van der Waals surface area contributed by atoms with E-state index in [1.54, 1.807) is 0 Å². The molecule has 2 aliphatic carbocycles. The van der Waals surface area contributed by atoms with E-state index in [2.05, 4.69) is 26.1 Å². The van der Waals surface area contributed by atoms with Gasteiger partial charge >= 0.3 is 0 Å². The molecular formula is C17H33N. The smallest absolute Gasteiger partial charge is 0.00721 e. The second kappa shape index (κ2) is 6.93. The molecule has 2 fully saturated rings. The molecule has 0 aromatic rings. The van der Waals surface area contributed by atoms with E-state index in [9.17, 15) is 0 Å². The van der Waals surface area contributed by atoms with Crippen molar-refractivity contribution in [3.63, 3.8) is 0 Å². The zero-order valence-corrected chi connectivity index (χ0v) is 12.8. The van der Waals surface area contributed by atoms with Crippen LogP contribution in [0.5, 0.6) is 0 Å². The van der Waals surface area contributed by atoms with Crippen molar-refractivity contribution in [2.75, 3.05) is 0 Å². The van der Waals surface area contributed by atoms with Crippen LogP contribution in [-0.4, -0.2) is 12.1 Å². The SMILES string of the molecule is CC1CCCC(NC2CCCC(C(C)C)CC2)C1. The normalized spacial score (nSPS) is 38.7. The van der Waals surface area contributed by atoms with Crippen molar-refractivity contribution in [1.82, 2.24) is 5.32 Å². The molecule has 0 heterocycles. The van der Waals surface area contributed by atoms with Crippen molar-refractivity contribution in [2.24, 2.45) is 17.8 Å². The summed E-state index contributed by atoms with van der Waals surface area (Å²) in [4.78, 5) is 0. The van der Waals surface area contributed by atoms with Gasteiger partial charge in [0, 0.05) is 12.1 Å². The van der Waals surface area contributed by atoms with Crippen LogP contribution in [-0.2, 0) is 0 Å². The van der Waals surface area contributed by atoms with Gasteiger partial charge in [0.2, 0.25) is 0 Å². The summed E-state index contributed by atoms with van der Waals surface area (Å²) in [6, 6.07) is 1.65. The number of nitrogens with one attached hydrogen (secondary N) is 1. The van der Waals surface area contributed by atoms with Gasteiger partial charge in [0.15, 0.2) is 0 Å². The Balaban J connectivity index is 1.76. The van der Waals surface area contributed by atoms with Crippen LogP contribution in [0.15, 0.2) is 0 Å². The van der Waals surface area contributed by atoms with Crippen LogP contribution in [0.3, 0.4) is 0 Å². The van der Waals surface area contributed by atoms with Crippen molar-refractivity contribution in [3.8, 4) is 0 Å². The van der Waals surface area contributed by atoms with Crippen LogP contribution >= 0.6 is 0 Å². The molecule has 1 heteroatoms. The first-order chi connectivity index (χ1) is 8.65. The minimum Gasteiger partial charge on any atom is -0.311 e. The molecule has 1 N–H and O–H groups in total. The van der Waals surface area contributed by atoms with Crippen LogP contribution in [0.1, 0.15) is 78.6 Å². The molecule has 0 radical (unpaired) electrons. The van der Waals surface area contributed by atoms with Gasteiger partial charge in [-0.15, -0.1) is 0 Å². The van der Waals surface area contributed by atoms with E-state index in [-0.39, 0.29) is 0 Å². The maximum absolute atomic E-state index is 3.99. The highest BCUT2D eigenvalue weighted by molar-refractivity contribution is 4.82. The zero-order valence-electron chi connectivity index (χ0n) is 12.8. The minimum atomic E-state index is 0.823. The second-order valence-electron chi connectivity index (χ2n) is 7.34. The molecule has 0 spiro atoms. The van der Waals surface area contributed by atoms with Crippen molar-refractivity contribution in [1.29, 1.82) is 0 Å². The molecule has 0 aromatic carbocycles. The molecule has 4 unspecified atom stereocenters. The fourth-order valence-corrected chi connectivity index (χ4v) is 4.08. The first-order valence-electron chi connectivity index (χ1n) is 8.41. The molecular weight excluding hydrogens is 218 g/mol. The lowest BCUT2D eigenvalue weighted by atomic mass is 9.86. The summed E-state index contributed by atoms with van der Waals surface area (Å²) in [5, 5.41) is 3.99. The first-order valence-corrected chi connectivity index (χ1v) is 8.41. The van der Waals surface area contributed by atoms with E-state index in [0.717, 1.165) is 29.8 Å². The summed E-state index contributed by atoms with van der Waals surface area (Å²) < 4.78 is 0. The van der Waals surface area contributed by atoms with E-state index in [0.29, 0.717) is 0 Å². The van der Waals surface area contributed by atoms with Gasteiger partial charge in [0.05, 0.1) is 0 Å². The Morgan fingerprint density at radius 1 is 0.833 bits per heavy atom. The molecule has 4 atom stereocenters. The minimum absolute atomic E-state index is 0.823. The average molecular weight is 251 g/mol. The fraction of sp³-hybridized carbons (Fsp3) is 1.00. The molecule has 0 aromatic heterocycles. The van der Waals surface area contributed by atoms with Crippen LogP contribution in [0.4, 0.5) is 0 Å². The Morgan fingerprint density at radius 3 is 2.28 bits per heavy atom. The van der Waals surface area contributed by atoms with Gasteiger partial charge in [-0.1, -0.05) is 46.5 Å². The lowest BCUT2D eigenvalue weighted by Crippen LogP contribution is -2.40. The molecule has 2 saturated carbocycles.